The number of anilines is 1. The molecule has 7 nitrogen and oxygen atoms in total. The molecule has 0 radical (unpaired) electrons. The van der Waals surface area contributed by atoms with E-state index in [-0.39, 0.29) is 24.8 Å². The maximum atomic E-state index is 14.4. The van der Waals surface area contributed by atoms with Crippen molar-refractivity contribution in [3.05, 3.63) is 83.4 Å². The summed E-state index contributed by atoms with van der Waals surface area (Å²) in [5.74, 6) is 2.40. The standard InChI is InChI=1S/C35H36N4O3/c40-35(39-15-5-8-28(39)21-38-13-3-4-14-38)30-20-34(36-27-16-23-6-1-2-7-24(23)17-27)37-31-11-9-25(18-29(30)31)26-10-12-32-33(19-26)42-22-41-32/h1-2,6-7,9-12,18-20,27-28H,3-5,8,13-17,21-22H2,(H,36,37)/t28-/m0/s1. The number of hydrogen-bond donors (Lipinski definition) is 1. The summed E-state index contributed by atoms with van der Waals surface area (Å²) in [6.07, 6.45) is 6.58. The van der Waals surface area contributed by atoms with Gasteiger partial charge in [0.15, 0.2) is 11.5 Å². The van der Waals surface area contributed by atoms with Crippen molar-refractivity contribution in [3.63, 3.8) is 0 Å². The van der Waals surface area contributed by atoms with Crippen LogP contribution in [0.25, 0.3) is 22.0 Å². The molecule has 1 aromatic heterocycles. The van der Waals surface area contributed by atoms with E-state index in [4.69, 9.17) is 14.5 Å². The Hall–Kier alpha value is -4.10. The van der Waals surface area contributed by atoms with Gasteiger partial charge in [-0.3, -0.25) is 4.79 Å². The number of likely N-dealkylation sites (tertiary alicyclic amines) is 2. The summed E-state index contributed by atoms with van der Waals surface area (Å²) in [6.45, 7) is 4.32. The van der Waals surface area contributed by atoms with Crippen LogP contribution in [0, 0.1) is 0 Å². The Morgan fingerprint density at radius 3 is 2.45 bits per heavy atom. The van der Waals surface area contributed by atoms with Crippen molar-refractivity contribution < 1.29 is 14.3 Å². The number of rotatable bonds is 6. The van der Waals surface area contributed by atoms with Crippen LogP contribution in [0.1, 0.15) is 47.2 Å². The van der Waals surface area contributed by atoms with Crippen molar-refractivity contribution >= 4 is 22.6 Å². The van der Waals surface area contributed by atoms with Gasteiger partial charge in [0.1, 0.15) is 5.82 Å². The predicted molar refractivity (Wildman–Crippen MR) is 164 cm³/mol. The van der Waals surface area contributed by atoms with Gasteiger partial charge in [-0.25, -0.2) is 4.98 Å². The number of benzene rings is 3. The highest BCUT2D eigenvalue weighted by Crippen LogP contribution is 2.37. The van der Waals surface area contributed by atoms with Crippen LogP contribution in [0.5, 0.6) is 11.5 Å². The average molecular weight is 561 g/mol. The molecule has 214 valence electrons. The van der Waals surface area contributed by atoms with Crippen LogP contribution >= 0.6 is 0 Å². The molecule has 0 unspecified atom stereocenters. The molecule has 3 aliphatic heterocycles. The van der Waals surface area contributed by atoms with Gasteiger partial charge in [-0.15, -0.1) is 0 Å². The van der Waals surface area contributed by atoms with Crippen molar-refractivity contribution in [3.8, 4) is 22.6 Å². The number of pyridine rings is 1. The lowest BCUT2D eigenvalue weighted by molar-refractivity contribution is 0.0710. The Labute approximate surface area is 246 Å². The highest BCUT2D eigenvalue weighted by Gasteiger charge is 2.33. The van der Waals surface area contributed by atoms with Crippen LogP contribution in [0.4, 0.5) is 5.82 Å². The summed E-state index contributed by atoms with van der Waals surface area (Å²) in [6, 6.07) is 23.4. The Bertz CT molecular complexity index is 1640. The molecule has 42 heavy (non-hydrogen) atoms. The molecule has 0 bridgehead atoms. The minimum absolute atomic E-state index is 0.115. The molecular weight excluding hydrogens is 524 g/mol. The fourth-order valence-corrected chi connectivity index (χ4v) is 7.31. The van der Waals surface area contributed by atoms with Crippen LogP contribution in [-0.4, -0.2) is 65.7 Å². The summed E-state index contributed by atoms with van der Waals surface area (Å²) in [4.78, 5) is 24.1. The van der Waals surface area contributed by atoms with E-state index in [9.17, 15) is 4.79 Å². The van der Waals surface area contributed by atoms with Crippen molar-refractivity contribution in [1.82, 2.24) is 14.8 Å². The number of hydrogen-bond acceptors (Lipinski definition) is 6. The highest BCUT2D eigenvalue weighted by molar-refractivity contribution is 6.08. The molecule has 8 rings (SSSR count). The average Bonchev–Trinajstić information content (AvgIpc) is 3.83. The lowest BCUT2D eigenvalue weighted by Gasteiger charge is -2.29. The maximum absolute atomic E-state index is 14.4. The summed E-state index contributed by atoms with van der Waals surface area (Å²) in [7, 11) is 0. The van der Waals surface area contributed by atoms with E-state index in [0.717, 1.165) is 96.8 Å². The second kappa shape index (κ2) is 10.6. The SMILES string of the molecule is O=C(c1cc(NC2Cc3ccccc3C2)nc2ccc(-c3ccc4c(c3)OCO4)cc12)N1CCC[C@H]1CN1CCCC1. The van der Waals surface area contributed by atoms with E-state index in [1.165, 1.54) is 24.0 Å². The third-order valence-electron chi connectivity index (χ3n) is 9.45. The largest absolute Gasteiger partial charge is 0.454 e. The van der Waals surface area contributed by atoms with Gasteiger partial charge in [-0.1, -0.05) is 36.4 Å². The first kappa shape index (κ1) is 25.6. The molecule has 2 saturated heterocycles. The minimum Gasteiger partial charge on any atom is -0.454 e. The van der Waals surface area contributed by atoms with Gasteiger partial charge < -0.3 is 24.6 Å². The minimum atomic E-state index is 0.115. The summed E-state index contributed by atoms with van der Waals surface area (Å²) in [5.41, 5.74) is 6.40. The van der Waals surface area contributed by atoms with Crippen molar-refractivity contribution in [2.75, 3.05) is 38.3 Å². The zero-order valence-corrected chi connectivity index (χ0v) is 23.9. The lowest BCUT2D eigenvalue weighted by Crippen LogP contribution is -2.42. The zero-order chi connectivity index (χ0) is 28.0. The van der Waals surface area contributed by atoms with E-state index in [0.29, 0.717) is 0 Å². The molecule has 1 N–H and O–H groups in total. The molecule has 1 atom stereocenters. The number of aromatic nitrogens is 1. The Morgan fingerprint density at radius 2 is 1.62 bits per heavy atom. The quantitative estimate of drug-likeness (QED) is 0.316. The monoisotopic (exact) mass is 560 g/mol. The number of fused-ring (bicyclic) bond motifs is 3. The second-order valence-electron chi connectivity index (χ2n) is 12.2. The molecule has 1 amide bonds. The summed E-state index contributed by atoms with van der Waals surface area (Å²) < 4.78 is 11.2. The number of nitrogens with one attached hydrogen (secondary N) is 1. The number of ether oxygens (including phenoxy) is 2. The molecule has 4 aliphatic rings. The number of carbonyl (C=O) groups is 1. The number of carbonyl (C=O) groups excluding carboxylic acids is 1. The van der Waals surface area contributed by atoms with Crippen LogP contribution in [0.2, 0.25) is 0 Å². The maximum Gasteiger partial charge on any atom is 0.254 e. The van der Waals surface area contributed by atoms with Crippen LogP contribution in [0.3, 0.4) is 0 Å². The molecule has 7 heteroatoms. The fourth-order valence-electron chi connectivity index (χ4n) is 7.31. The summed E-state index contributed by atoms with van der Waals surface area (Å²) >= 11 is 0. The van der Waals surface area contributed by atoms with E-state index in [1.54, 1.807) is 0 Å². The third-order valence-corrected chi connectivity index (χ3v) is 9.45. The Kier molecular flexibility index (Phi) is 6.48. The third kappa shape index (κ3) is 4.75. The molecule has 0 saturated carbocycles. The van der Waals surface area contributed by atoms with Gasteiger partial charge in [0.05, 0.1) is 11.1 Å². The molecule has 1 aliphatic carbocycles. The van der Waals surface area contributed by atoms with Gasteiger partial charge >= 0.3 is 0 Å². The van der Waals surface area contributed by atoms with Gasteiger partial charge in [-0.2, -0.15) is 0 Å². The van der Waals surface area contributed by atoms with Gasteiger partial charge in [0, 0.05) is 30.6 Å². The highest BCUT2D eigenvalue weighted by atomic mass is 16.7. The molecule has 4 aromatic rings. The predicted octanol–water partition coefficient (Wildman–Crippen LogP) is 5.91. The first-order valence-electron chi connectivity index (χ1n) is 15.4. The van der Waals surface area contributed by atoms with Crippen molar-refractivity contribution in [2.45, 2.75) is 50.6 Å². The van der Waals surface area contributed by atoms with Crippen LogP contribution in [0.15, 0.2) is 66.7 Å². The van der Waals surface area contributed by atoms with Crippen molar-refractivity contribution in [1.29, 1.82) is 0 Å². The normalized spacial score (nSPS) is 20.0. The van der Waals surface area contributed by atoms with E-state index in [2.05, 4.69) is 51.5 Å². The molecular formula is C35H36N4O3. The lowest BCUT2D eigenvalue weighted by atomic mass is 9.99. The first-order valence-corrected chi connectivity index (χ1v) is 15.4. The van der Waals surface area contributed by atoms with Gasteiger partial charge in [0.2, 0.25) is 6.79 Å². The van der Waals surface area contributed by atoms with E-state index < -0.39 is 0 Å². The molecule has 4 heterocycles. The smallest absolute Gasteiger partial charge is 0.254 e. The van der Waals surface area contributed by atoms with E-state index >= 15 is 0 Å². The van der Waals surface area contributed by atoms with Gasteiger partial charge in [0.25, 0.3) is 5.91 Å². The van der Waals surface area contributed by atoms with Gasteiger partial charge in [-0.05, 0) is 104 Å². The molecule has 0 spiro atoms. The van der Waals surface area contributed by atoms with E-state index in [1.807, 2.05) is 30.3 Å². The van der Waals surface area contributed by atoms with Crippen LogP contribution in [-0.2, 0) is 12.8 Å². The first-order chi connectivity index (χ1) is 20.7. The Morgan fingerprint density at radius 1 is 0.857 bits per heavy atom. The fraction of sp³-hybridized carbons (Fsp3) is 0.371. The Balaban J connectivity index is 1.16. The topological polar surface area (TPSA) is 66.9 Å². The zero-order valence-electron chi connectivity index (χ0n) is 23.9. The second-order valence-corrected chi connectivity index (χ2v) is 12.2. The number of nitrogens with zero attached hydrogens (tertiary/aromatic N) is 3. The number of amides is 1. The molecule has 2 fully saturated rings. The van der Waals surface area contributed by atoms with Crippen molar-refractivity contribution in [2.24, 2.45) is 0 Å². The molecule has 3 aromatic carbocycles. The summed E-state index contributed by atoms with van der Waals surface area (Å²) in [5, 5.41) is 4.58. The van der Waals surface area contributed by atoms with Crippen LogP contribution < -0.4 is 14.8 Å².